The van der Waals surface area contributed by atoms with Crippen LogP contribution in [0.25, 0.3) is 0 Å². The molecule has 0 bridgehead atoms. The van der Waals surface area contributed by atoms with Gasteiger partial charge in [0, 0.05) is 18.6 Å². The molecule has 0 aliphatic rings. The van der Waals surface area contributed by atoms with Crippen LogP contribution in [0.2, 0.25) is 0 Å². The summed E-state index contributed by atoms with van der Waals surface area (Å²) in [5, 5.41) is 3.63. The molecule has 1 aromatic rings. The highest BCUT2D eigenvalue weighted by Crippen LogP contribution is 2.23. The van der Waals surface area contributed by atoms with Crippen molar-refractivity contribution in [3.8, 4) is 0 Å². The van der Waals surface area contributed by atoms with Crippen LogP contribution in [0, 0.1) is 5.92 Å². The quantitative estimate of drug-likeness (QED) is 0.730. The Morgan fingerprint density at radius 2 is 1.60 bits per heavy atom. The van der Waals surface area contributed by atoms with Crippen molar-refractivity contribution < 1.29 is 0 Å². The molecule has 0 aliphatic heterocycles. The van der Waals surface area contributed by atoms with E-state index in [9.17, 15) is 0 Å². The van der Waals surface area contributed by atoms with E-state index in [1.54, 1.807) is 0 Å². The van der Waals surface area contributed by atoms with Gasteiger partial charge in [0.15, 0.2) is 0 Å². The number of likely N-dealkylation sites (N-methyl/N-ethyl adjacent to an activating group) is 1. The normalized spacial score (nSPS) is 13.4. The molecule has 20 heavy (non-hydrogen) atoms. The highest BCUT2D eigenvalue weighted by atomic mass is 15.2. The van der Waals surface area contributed by atoms with E-state index in [2.05, 4.69) is 75.3 Å². The minimum atomic E-state index is 0.458. The monoisotopic (exact) mass is 276 g/mol. The third-order valence-corrected chi connectivity index (χ3v) is 4.08. The minimum absolute atomic E-state index is 0.458. The van der Waals surface area contributed by atoms with Crippen molar-refractivity contribution in [1.29, 1.82) is 0 Å². The summed E-state index contributed by atoms with van der Waals surface area (Å²) in [6.07, 6.45) is 2.42. The number of nitrogens with zero attached hydrogens (tertiary/aromatic N) is 1. The fraction of sp³-hybridized carbons (Fsp3) is 0.667. The second-order valence-electron chi connectivity index (χ2n) is 6.11. The third kappa shape index (κ3) is 5.26. The zero-order chi connectivity index (χ0) is 15.0. The molecular formula is C18H32N2. The first-order valence-electron chi connectivity index (χ1n) is 8.07. The topological polar surface area (TPSA) is 15.3 Å². The first-order chi connectivity index (χ1) is 9.60. The summed E-state index contributed by atoms with van der Waals surface area (Å²) >= 11 is 0. The van der Waals surface area contributed by atoms with Crippen LogP contribution < -0.4 is 5.32 Å². The second kappa shape index (κ2) is 9.15. The Balaban J connectivity index is 2.78. The van der Waals surface area contributed by atoms with E-state index in [4.69, 9.17) is 0 Å². The number of rotatable bonds is 9. The molecule has 1 N–H and O–H groups in total. The van der Waals surface area contributed by atoms with E-state index in [0.717, 1.165) is 13.1 Å². The summed E-state index contributed by atoms with van der Waals surface area (Å²) in [6.45, 7) is 11.2. The number of benzene rings is 1. The van der Waals surface area contributed by atoms with Gasteiger partial charge in [0.05, 0.1) is 0 Å². The van der Waals surface area contributed by atoms with Crippen LogP contribution in [-0.2, 0) is 0 Å². The van der Waals surface area contributed by atoms with E-state index >= 15 is 0 Å². The summed E-state index contributed by atoms with van der Waals surface area (Å²) in [5.74, 6) is 0.699. The van der Waals surface area contributed by atoms with Crippen LogP contribution in [-0.4, -0.2) is 31.1 Å². The van der Waals surface area contributed by atoms with Crippen molar-refractivity contribution in [3.05, 3.63) is 35.9 Å². The number of nitrogens with one attached hydrogen (secondary N) is 1. The van der Waals surface area contributed by atoms with Gasteiger partial charge in [-0.15, -0.1) is 0 Å². The lowest BCUT2D eigenvalue weighted by Gasteiger charge is -2.35. The Morgan fingerprint density at radius 1 is 1.00 bits per heavy atom. The molecule has 0 fully saturated rings. The lowest BCUT2D eigenvalue weighted by atomic mass is 10.0. The number of hydrogen-bond donors (Lipinski definition) is 1. The van der Waals surface area contributed by atoms with Crippen LogP contribution >= 0.6 is 0 Å². The second-order valence-corrected chi connectivity index (χ2v) is 6.11. The zero-order valence-corrected chi connectivity index (χ0v) is 13.9. The molecule has 114 valence electrons. The predicted molar refractivity (Wildman–Crippen MR) is 89.0 cm³/mol. The molecule has 1 unspecified atom stereocenters. The molecule has 0 saturated heterocycles. The van der Waals surface area contributed by atoms with Crippen molar-refractivity contribution in [1.82, 2.24) is 10.2 Å². The van der Waals surface area contributed by atoms with Crippen LogP contribution in [0.1, 0.15) is 52.1 Å². The first kappa shape index (κ1) is 17.2. The summed E-state index contributed by atoms with van der Waals surface area (Å²) in [7, 11) is 2.27. The molecule has 1 rings (SSSR count). The molecule has 2 nitrogen and oxygen atoms in total. The average molecular weight is 276 g/mol. The summed E-state index contributed by atoms with van der Waals surface area (Å²) < 4.78 is 0. The van der Waals surface area contributed by atoms with E-state index in [0.29, 0.717) is 18.0 Å². The molecule has 2 heteroatoms. The smallest absolute Gasteiger partial charge is 0.0472 e. The molecule has 0 aromatic heterocycles. The van der Waals surface area contributed by atoms with Crippen LogP contribution in [0.5, 0.6) is 0 Å². The van der Waals surface area contributed by atoms with Crippen LogP contribution in [0.15, 0.2) is 30.3 Å². The molecule has 0 saturated carbocycles. The largest absolute Gasteiger partial charge is 0.315 e. The summed E-state index contributed by atoms with van der Waals surface area (Å²) in [5.41, 5.74) is 1.41. The molecule has 1 atom stereocenters. The Labute approximate surface area is 125 Å². The van der Waals surface area contributed by atoms with Gasteiger partial charge < -0.3 is 5.32 Å². The molecular weight excluding hydrogens is 244 g/mol. The van der Waals surface area contributed by atoms with Gasteiger partial charge in [0.25, 0.3) is 0 Å². The van der Waals surface area contributed by atoms with E-state index in [1.165, 1.54) is 18.4 Å². The van der Waals surface area contributed by atoms with Gasteiger partial charge >= 0.3 is 0 Å². The average Bonchev–Trinajstić information content (AvgIpc) is 2.45. The van der Waals surface area contributed by atoms with Gasteiger partial charge in [-0.2, -0.15) is 0 Å². The zero-order valence-electron chi connectivity index (χ0n) is 13.9. The molecule has 0 heterocycles. The van der Waals surface area contributed by atoms with Gasteiger partial charge in [-0.25, -0.2) is 0 Å². The summed E-state index contributed by atoms with van der Waals surface area (Å²) in [6, 6.07) is 12.0. The molecule has 0 aliphatic carbocycles. The Bertz CT molecular complexity index is 344. The van der Waals surface area contributed by atoms with Gasteiger partial charge in [0.1, 0.15) is 0 Å². The third-order valence-electron chi connectivity index (χ3n) is 4.08. The Kier molecular flexibility index (Phi) is 7.86. The molecule has 0 amide bonds. The van der Waals surface area contributed by atoms with E-state index in [1.807, 2.05) is 0 Å². The van der Waals surface area contributed by atoms with Gasteiger partial charge in [-0.3, -0.25) is 4.90 Å². The van der Waals surface area contributed by atoms with Crippen LogP contribution in [0.3, 0.4) is 0 Å². The van der Waals surface area contributed by atoms with Gasteiger partial charge in [-0.05, 0) is 37.9 Å². The maximum atomic E-state index is 3.63. The SMILES string of the molecule is CCC(CC)N(C)C(CNCC(C)C)c1ccccc1. The standard InChI is InChI=1S/C18H32N2/c1-6-17(7-2)20(5)18(14-19-13-15(3)4)16-11-9-8-10-12-16/h8-12,15,17-19H,6-7,13-14H2,1-5H3. The minimum Gasteiger partial charge on any atom is -0.315 e. The maximum absolute atomic E-state index is 3.63. The van der Waals surface area contributed by atoms with E-state index < -0.39 is 0 Å². The maximum Gasteiger partial charge on any atom is 0.0472 e. The van der Waals surface area contributed by atoms with Crippen LogP contribution in [0.4, 0.5) is 0 Å². The Hall–Kier alpha value is -0.860. The number of hydrogen-bond acceptors (Lipinski definition) is 2. The van der Waals surface area contributed by atoms with Crippen molar-refractivity contribution in [2.75, 3.05) is 20.1 Å². The van der Waals surface area contributed by atoms with Gasteiger partial charge in [-0.1, -0.05) is 58.0 Å². The van der Waals surface area contributed by atoms with Crippen molar-refractivity contribution in [2.24, 2.45) is 5.92 Å². The lowest BCUT2D eigenvalue weighted by Crippen LogP contribution is -2.40. The first-order valence-corrected chi connectivity index (χ1v) is 8.07. The molecule has 0 spiro atoms. The van der Waals surface area contributed by atoms with Crippen molar-refractivity contribution >= 4 is 0 Å². The predicted octanol–water partition coefficient (Wildman–Crippen LogP) is 4.09. The van der Waals surface area contributed by atoms with Crippen molar-refractivity contribution in [3.63, 3.8) is 0 Å². The van der Waals surface area contributed by atoms with E-state index in [-0.39, 0.29) is 0 Å². The molecule has 0 radical (unpaired) electrons. The highest BCUT2D eigenvalue weighted by molar-refractivity contribution is 5.19. The van der Waals surface area contributed by atoms with Gasteiger partial charge in [0.2, 0.25) is 0 Å². The van der Waals surface area contributed by atoms with Crippen molar-refractivity contribution in [2.45, 2.75) is 52.6 Å². The highest BCUT2D eigenvalue weighted by Gasteiger charge is 2.21. The lowest BCUT2D eigenvalue weighted by molar-refractivity contribution is 0.159. The molecule has 1 aromatic carbocycles. The summed E-state index contributed by atoms with van der Waals surface area (Å²) in [4.78, 5) is 2.54. The fourth-order valence-corrected chi connectivity index (χ4v) is 2.80. The fourth-order valence-electron chi connectivity index (χ4n) is 2.80. The Morgan fingerprint density at radius 3 is 2.10 bits per heavy atom.